The molecular formula is C12H21N3O2. The van der Waals surface area contributed by atoms with Crippen molar-refractivity contribution in [3.8, 4) is 0 Å². The number of rotatable bonds is 6. The summed E-state index contributed by atoms with van der Waals surface area (Å²) in [6.45, 7) is 3.29. The Morgan fingerprint density at radius 2 is 2.53 bits per heavy atom. The van der Waals surface area contributed by atoms with Crippen molar-refractivity contribution in [2.75, 3.05) is 33.4 Å². The molecule has 17 heavy (non-hydrogen) atoms. The van der Waals surface area contributed by atoms with E-state index in [4.69, 9.17) is 9.47 Å². The molecule has 1 fully saturated rings. The van der Waals surface area contributed by atoms with E-state index in [1.807, 2.05) is 24.1 Å². The molecule has 2 heterocycles. The summed E-state index contributed by atoms with van der Waals surface area (Å²) in [6.07, 6.45) is 5.93. The van der Waals surface area contributed by atoms with Crippen molar-refractivity contribution in [3.63, 3.8) is 0 Å². The van der Waals surface area contributed by atoms with Crippen molar-refractivity contribution < 1.29 is 9.47 Å². The van der Waals surface area contributed by atoms with Crippen LogP contribution in [0.5, 0.6) is 0 Å². The summed E-state index contributed by atoms with van der Waals surface area (Å²) in [7, 11) is 3.70. The predicted molar refractivity (Wildman–Crippen MR) is 65.0 cm³/mol. The molecule has 0 spiro atoms. The highest BCUT2D eigenvalue weighted by atomic mass is 16.5. The second kappa shape index (κ2) is 5.62. The average Bonchev–Trinajstić information content (AvgIpc) is 2.95. The maximum Gasteiger partial charge on any atom is 0.106 e. The third-order valence-corrected chi connectivity index (χ3v) is 3.30. The van der Waals surface area contributed by atoms with E-state index in [2.05, 4.69) is 10.4 Å². The molecule has 0 radical (unpaired) electrons. The number of nitrogens with one attached hydrogen (secondary N) is 1. The van der Waals surface area contributed by atoms with Crippen molar-refractivity contribution in [3.05, 3.63) is 18.0 Å². The highest BCUT2D eigenvalue weighted by Crippen LogP contribution is 2.21. The molecule has 0 saturated carbocycles. The minimum Gasteiger partial charge on any atom is -0.378 e. The topological polar surface area (TPSA) is 48.3 Å². The maximum atomic E-state index is 5.55. The number of hydrogen-bond donors (Lipinski definition) is 1. The van der Waals surface area contributed by atoms with Crippen LogP contribution in [0.25, 0.3) is 0 Å². The summed E-state index contributed by atoms with van der Waals surface area (Å²) in [5, 5.41) is 7.58. The molecule has 1 aliphatic rings. The van der Waals surface area contributed by atoms with E-state index >= 15 is 0 Å². The normalized spacial score (nSPS) is 24.4. The molecular weight excluding hydrogens is 218 g/mol. The van der Waals surface area contributed by atoms with Crippen LogP contribution in [0, 0.1) is 0 Å². The van der Waals surface area contributed by atoms with Gasteiger partial charge in [0.15, 0.2) is 0 Å². The lowest BCUT2D eigenvalue weighted by molar-refractivity contribution is -0.0155. The van der Waals surface area contributed by atoms with Gasteiger partial charge in [0.05, 0.1) is 12.8 Å². The van der Waals surface area contributed by atoms with Gasteiger partial charge in [0.1, 0.15) is 5.60 Å². The molecule has 0 amide bonds. The van der Waals surface area contributed by atoms with Gasteiger partial charge in [-0.25, -0.2) is 0 Å². The van der Waals surface area contributed by atoms with Crippen LogP contribution >= 0.6 is 0 Å². The van der Waals surface area contributed by atoms with Gasteiger partial charge in [-0.3, -0.25) is 4.68 Å². The van der Waals surface area contributed by atoms with Crippen molar-refractivity contribution in [2.45, 2.75) is 18.4 Å². The van der Waals surface area contributed by atoms with Crippen molar-refractivity contribution >= 4 is 0 Å². The predicted octanol–water partition coefficient (Wildman–Crippen LogP) is 0.358. The van der Waals surface area contributed by atoms with Crippen LogP contribution in [0.3, 0.4) is 0 Å². The largest absolute Gasteiger partial charge is 0.378 e. The van der Waals surface area contributed by atoms with Crippen LogP contribution in [0.4, 0.5) is 0 Å². The van der Waals surface area contributed by atoms with Gasteiger partial charge < -0.3 is 14.8 Å². The van der Waals surface area contributed by atoms with Crippen LogP contribution in [0.15, 0.2) is 12.4 Å². The molecule has 0 bridgehead atoms. The lowest BCUT2D eigenvalue weighted by Crippen LogP contribution is -2.43. The Morgan fingerprint density at radius 1 is 1.65 bits per heavy atom. The average molecular weight is 239 g/mol. The molecule has 1 aliphatic heterocycles. The van der Waals surface area contributed by atoms with E-state index in [0.29, 0.717) is 6.61 Å². The molecule has 0 aliphatic carbocycles. The first-order chi connectivity index (χ1) is 8.24. The Morgan fingerprint density at radius 3 is 3.12 bits per heavy atom. The second-order valence-corrected chi connectivity index (χ2v) is 4.64. The quantitative estimate of drug-likeness (QED) is 0.728. The Kier molecular flexibility index (Phi) is 4.15. The Labute approximate surface area is 102 Å². The smallest absolute Gasteiger partial charge is 0.106 e. The Bertz CT molecular complexity index is 345. The van der Waals surface area contributed by atoms with Gasteiger partial charge in [-0.1, -0.05) is 0 Å². The van der Waals surface area contributed by atoms with Gasteiger partial charge in [0.2, 0.25) is 0 Å². The van der Waals surface area contributed by atoms with Gasteiger partial charge in [0, 0.05) is 39.9 Å². The fraction of sp³-hybridized carbons (Fsp3) is 0.750. The summed E-state index contributed by atoms with van der Waals surface area (Å²) < 4.78 is 12.8. The van der Waals surface area contributed by atoms with Crippen molar-refractivity contribution in [1.82, 2.24) is 15.1 Å². The number of aromatic nitrogens is 2. The Balaban J connectivity index is 1.69. The molecule has 96 valence electrons. The number of aryl methyl sites for hydroxylation is 1. The molecule has 5 nitrogen and oxygen atoms in total. The highest BCUT2D eigenvalue weighted by molar-refractivity contribution is 5.04. The fourth-order valence-electron chi connectivity index (χ4n) is 2.11. The van der Waals surface area contributed by atoms with E-state index in [-0.39, 0.29) is 5.60 Å². The second-order valence-electron chi connectivity index (χ2n) is 4.64. The van der Waals surface area contributed by atoms with Crippen LogP contribution in [0.1, 0.15) is 12.0 Å². The number of nitrogens with zero attached hydrogens (tertiary/aromatic N) is 2. The molecule has 1 unspecified atom stereocenters. The first kappa shape index (κ1) is 12.5. The molecule has 1 atom stereocenters. The number of methoxy groups -OCH3 is 1. The monoisotopic (exact) mass is 239 g/mol. The van der Waals surface area contributed by atoms with Crippen molar-refractivity contribution in [2.24, 2.45) is 7.05 Å². The van der Waals surface area contributed by atoms with E-state index < -0.39 is 0 Å². The van der Waals surface area contributed by atoms with Gasteiger partial charge in [-0.05, 0) is 18.5 Å². The first-order valence-electron chi connectivity index (χ1n) is 6.05. The number of ether oxygens (including phenoxy) is 2. The summed E-state index contributed by atoms with van der Waals surface area (Å²) in [4.78, 5) is 0. The minimum absolute atomic E-state index is 0.116. The van der Waals surface area contributed by atoms with Gasteiger partial charge >= 0.3 is 0 Å². The van der Waals surface area contributed by atoms with E-state index in [0.717, 1.165) is 32.5 Å². The van der Waals surface area contributed by atoms with Crippen molar-refractivity contribution in [1.29, 1.82) is 0 Å². The van der Waals surface area contributed by atoms with E-state index in [1.54, 1.807) is 7.11 Å². The van der Waals surface area contributed by atoms with Gasteiger partial charge in [0.25, 0.3) is 0 Å². The third kappa shape index (κ3) is 3.28. The molecule has 1 saturated heterocycles. The molecule has 1 aromatic rings. The molecule has 0 aromatic carbocycles. The molecule has 1 N–H and O–H groups in total. The maximum absolute atomic E-state index is 5.55. The van der Waals surface area contributed by atoms with Crippen LogP contribution in [0.2, 0.25) is 0 Å². The summed E-state index contributed by atoms with van der Waals surface area (Å²) in [5.74, 6) is 0. The highest BCUT2D eigenvalue weighted by Gasteiger charge is 2.34. The minimum atomic E-state index is -0.116. The zero-order valence-corrected chi connectivity index (χ0v) is 10.6. The van der Waals surface area contributed by atoms with Gasteiger partial charge in [-0.2, -0.15) is 5.10 Å². The van der Waals surface area contributed by atoms with Crippen LogP contribution in [-0.2, 0) is 22.9 Å². The third-order valence-electron chi connectivity index (χ3n) is 3.30. The van der Waals surface area contributed by atoms with E-state index in [9.17, 15) is 0 Å². The van der Waals surface area contributed by atoms with Crippen LogP contribution < -0.4 is 5.32 Å². The summed E-state index contributed by atoms with van der Waals surface area (Å²) in [5.41, 5.74) is 1.14. The molecule has 2 rings (SSSR count). The Hall–Kier alpha value is -0.910. The fourth-order valence-corrected chi connectivity index (χ4v) is 2.11. The summed E-state index contributed by atoms with van der Waals surface area (Å²) >= 11 is 0. The summed E-state index contributed by atoms with van der Waals surface area (Å²) in [6, 6.07) is 0. The lowest BCUT2D eigenvalue weighted by Gasteiger charge is -2.25. The van der Waals surface area contributed by atoms with E-state index in [1.165, 1.54) is 5.56 Å². The lowest BCUT2D eigenvalue weighted by atomic mass is 10.0. The zero-order chi connectivity index (χ0) is 12.1. The van der Waals surface area contributed by atoms with Crippen LogP contribution in [-0.4, -0.2) is 48.8 Å². The number of hydrogen-bond acceptors (Lipinski definition) is 4. The molecule has 5 heteroatoms. The zero-order valence-electron chi connectivity index (χ0n) is 10.6. The standard InChI is InChI=1S/C12H21N3O2/c1-15-8-11(7-14-15)3-5-13-9-12(16-2)4-6-17-10-12/h7-8,13H,3-6,9-10H2,1-2H3. The van der Waals surface area contributed by atoms with Gasteiger partial charge in [-0.15, -0.1) is 0 Å². The SMILES string of the molecule is COC1(CNCCc2cnn(C)c2)CCOC1. The first-order valence-corrected chi connectivity index (χ1v) is 6.05. The molecule has 1 aromatic heterocycles.